The predicted octanol–water partition coefficient (Wildman–Crippen LogP) is 6.02. The third kappa shape index (κ3) is 4.93. The van der Waals surface area contributed by atoms with Crippen molar-refractivity contribution in [3.8, 4) is 5.75 Å². The average molecular weight is 426 g/mol. The maximum atomic E-state index is 13.4. The number of imide groups is 1. The molecule has 4 nitrogen and oxygen atoms in total. The van der Waals surface area contributed by atoms with E-state index in [1.54, 1.807) is 24.3 Å². The largest absolute Gasteiger partial charge is 0.488 e. The Kier molecular flexibility index (Phi) is 6.53. The summed E-state index contributed by atoms with van der Waals surface area (Å²) in [7, 11) is 0. The molecule has 1 saturated carbocycles. The molecule has 156 valence electrons. The second kappa shape index (κ2) is 9.47. The lowest BCUT2D eigenvalue weighted by Gasteiger charge is -2.25. The van der Waals surface area contributed by atoms with E-state index in [4.69, 9.17) is 4.74 Å². The van der Waals surface area contributed by atoms with E-state index < -0.39 is 0 Å². The molecule has 1 aliphatic carbocycles. The van der Waals surface area contributed by atoms with Gasteiger partial charge in [-0.25, -0.2) is 4.39 Å². The first-order chi connectivity index (χ1) is 14.6. The first kappa shape index (κ1) is 20.7. The first-order valence-electron chi connectivity index (χ1n) is 10.3. The van der Waals surface area contributed by atoms with Crippen molar-refractivity contribution >= 4 is 29.0 Å². The summed E-state index contributed by atoms with van der Waals surface area (Å²) in [5.74, 6) is 0.459. The maximum absolute atomic E-state index is 13.4. The highest BCUT2D eigenvalue weighted by atomic mass is 32.2. The molecule has 0 bridgehead atoms. The van der Waals surface area contributed by atoms with Crippen molar-refractivity contribution in [3.05, 3.63) is 70.4 Å². The van der Waals surface area contributed by atoms with Crippen LogP contribution in [0.5, 0.6) is 5.75 Å². The van der Waals surface area contributed by atoms with E-state index in [1.807, 2.05) is 18.2 Å². The van der Waals surface area contributed by atoms with Gasteiger partial charge in [-0.2, -0.15) is 0 Å². The summed E-state index contributed by atoms with van der Waals surface area (Å²) in [6.07, 6.45) is 7.46. The Morgan fingerprint density at radius 1 is 1.07 bits per heavy atom. The zero-order valence-electron chi connectivity index (χ0n) is 16.7. The van der Waals surface area contributed by atoms with Crippen LogP contribution in [0.1, 0.15) is 43.2 Å². The molecule has 0 N–H and O–H groups in total. The molecule has 0 radical (unpaired) electrons. The van der Waals surface area contributed by atoms with E-state index in [2.05, 4.69) is 0 Å². The standard InChI is InChI=1S/C24H24FNO3S/c25-20-11-6-9-18(13-20)16-29-21-12-5-4-10-19(21)14-22-23(27)26(24(28)30-22)15-17-7-2-1-3-8-17/h4-6,9-14,17H,1-3,7-8,15-16H2/b22-14+. The van der Waals surface area contributed by atoms with Crippen LogP contribution in [-0.2, 0) is 11.4 Å². The minimum absolute atomic E-state index is 0.199. The minimum atomic E-state index is -0.309. The van der Waals surface area contributed by atoms with Crippen LogP contribution < -0.4 is 4.74 Å². The number of thioether (sulfide) groups is 1. The second-order valence-electron chi connectivity index (χ2n) is 7.75. The summed E-state index contributed by atoms with van der Waals surface area (Å²) < 4.78 is 19.3. The van der Waals surface area contributed by atoms with Gasteiger partial charge in [-0.3, -0.25) is 14.5 Å². The Morgan fingerprint density at radius 2 is 1.87 bits per heavy atom. The number of ether oxygens (including phenoxy) is 1. The molecule has 1 heterocycles. The quantitative estimate of drug-likeness (QED) is 0.531. The Labute approximate surface area is 180 Å². The molecule has 2 amide bonds. The highest BCUT2D eigenvalue weighted by Crippen LogP contribution is 2.36. The van der Waals surface area contributed by atoms with Crippen LogP contribution in [0.2, 0.25) is 0 Å². The number of rotatable bonds is 6. The molecule has 2 aromatic rings. The van der Waals surface area contributed by atoms with Gasteiger partial charge < -0.3 is 4.74 Å². The smallest absolute Gasteiger partial charge is 0.293 e. The van der Waals surface area contributed by atoms with Crippen molar-refractivity contribution < 1.29 is 18.7 Å². The number of benzene rings is 2. The molecule has 0 aromatic heterocycles. The normalized spacial score (nSPS) is 19.0. The molecular formula is C24H24FNO3S. The second-order valence-corrected chi connectivity index (χ2v) is 8.75. The fraction of sp³-hybridized carbons (Fsp3) is 0.333. The number of halogens is 1. The Morgan fingerprint density at radius 3 is 2.67 bits per heavy atom. The van der Waals surface area contributed by atoms with Gasteiger partial charge in [-0.15, -0.1) is 0 Å². The topological polar surface area (TPSA) is 46.6 Å². The number of hydrogen-bond donors (Lipinski definition) is 0. The zero-order chi connectivity index (χ0) is 20.9. The molecule has 2 fully saturated rings. The minimum Gasteiger partial charge on any atom is -0.488 e. The summed E-state index contributed by atoms with van der Waals surface area (Å²) in [6, 6.07) is 13.6. The molecule has 1 aliphatic heterocycles. The molecule has 2 aromatic carbocycles. The van der Waals surface area contributed by atoms with Gasteiger partial charge in [0.1, 0.15) is 18.2 Å². The lowest BCUT2D eigenvalue weighted by atomic mass is 9.89. The van der Waals surface area contributed by atoms with Crippen LogP contribution in [0.4, 0.5) is 9.18 Å². The van der Waals surface area contributed by atoms with Gasteiger partial charge in [-0.05, 0) is 60.4 Å². The van der Waals surface area contributed by atoms with Crippen molar-refractivity contribution in [2.45, 2.75) is 38.7 Å². The summed E-state index contributed by atoms with van der Waals surface area (Å²) in [5, 5.41) is -0.199. The average Bonchev–Trinajstić information content (AvgIpc) is 3.01. The molecular weight excluding hydrogens is 401 g/mol. The number of carbonyl (C=O) groups is 2. The van der Waals surface area contributed by atoms with Gasteiger partial charge in [0.15, 0.2) is 0 Å². The maximum Gasteiger partial charge on any atom is 0.293 e. The first-order valence-corrected chi connectivity index (χ1v) is 11.1. The third-order valence-electron chi connectivity index (χ3n) is 5.53. The summed E-state index contributed by atoms with van der Waals surface area (Å²) in [5.41, 5.74) is 1.44. The molecule has 0 unspecified atom stereocenters. The number of nitrogens with zero attached hydrogens (tertiary/aromatic N) is 1. The van der Waals surface area contributed by atoms with Crippen LogP contribution in [0.3, 0.4) is 0 Å². The van der Waals surface area contributed by atoms with Crippen LogP contribution in [0.25, 0.3) is 6.08 Å². The fourth-order valence-corrected chi connectivity index (χ4v) is 4.78. The summed E-state index contributed by atoms with van der Waals surface area (Å²) in [6.45, 7) is 0.728. The molecule has 2 aliphatic rings. The lowest BCUT2D eigenvalue weighted by Crippen LogP contribution is -2.34. The number of para-hydroxylation sites is 1. The van der Waals surface area contributed by atoms with E-state index in [0.29, 0.717) is 23.1 Å². The molecule has 1 saturated heterocycles. The number of carbonyl (C=O) groups excluding carboxylic acids is 2. The predicted molar refractivity (Wildman–Crippen MR) is 116 cm³/mol. The molecule has 4 rings (SSSR count). The van der Waals surface area contributed by atoms with Gasteiger partial charge in [0, 0.05) is 12.1 Å². The SMILES string of the molecule is O=C1S/C(=C/c2ccccc2OCc2cccc(F)c2)C(=O)N1CC1CCCCC1. The molecule has 30 heavy (non-hydrogen) atoms. The Hall–Kier alpha value is -2.60. The fourth-order valence-electron chi connectivity index (χ4n) is 3.95. The van der Waals surface area contributed by atoms with Crippen molar-refractivity contribution in [1.82, 2.24) is 4.90 Å². The summed E-state index contributed by atoms with van der Waals surface area (Å²) >= 11 is 0.984. The van der Waals surface area contributed by atoms with Crippen molar-refractivity contribution in [3.63, 3.8) is 0 Å². The lowest BCUT2D eigenvalue weighted by molar-refractivity contribution is -0.123. The van der Waals surface area contributed by atoms with Crippen molar-refractivity contribution in [1.29, 1.82) is 0 Å². The third-order valence-corrected chi connectivity index (χ3v) is 6.44. The highest BCUT2D eigenvalue weighted by molar-refractivity contribution is 8.18. The molecule has 0 atom stereocenters. The van der Waals surface area contributed by atoms with Gasteiger partial charge in [-0.1, -0.05) is 49.6 Å². The Balaban J connectivity index is 1.47. The molecule has 6 heteroatoms. The Bertz CT molecular complexity index is 968. The number of amides is 2. The van der Waals surface area contributed by atoms with Crippen LogP contribution in [0, 0.1) is 11.7 Å². The van der Waals surface area contributed by atoms with Gasteiger partial charge in [0.25, 0.3) is 11.1 Å². The van der Waals surface area contributed by atoms with E-state index in [1.165, 1.54) is 36.3 Å². The van der Waals surface area contributed by atoms with Crippen LogP contribution >= 0.6 is 11.8 Å². The van der Waals surface area contributed by atoms with Crippen molar-refractivity contribution in [2.24, 2.45) is 5.92 Å². The van der Waals surface area contributed by atoms with E-state index in [-0.39, 0.29) is 23.6 Å². The monoisotopic (exact) mass is 425 g/mol. The van der Waals surface area contributed by atoms with E-state index in [0.717, 1.165) is 35.7 Å². The van der Waals surface area contributed by atoms with Gasteiger partial charge in [0.2, 0.25) is 0 Å². The van der Waals surface area contributed by atoms with Crippen molar-refractivity contribution in [2.75, 3.05) is 6.54 Å². The highest BCUT2D eigenvalue weighted by Gasteiger charge is 2.36. The molecule has 0 spiro atoms. The van der Waals surface area contributed by atoms with Crippen LogP contribution in [0.15, 0.2) is 53.4 Å². The van der Waals surface area contributed by atoms with Gasteiger partial charge in [0.05, 0.1) is 4.91 Å². The number of hydrogen-bond acceptors (Lipinski definition) is 4. The van der Waals surface area contributed by atoms with Gasteiger partial charge >= 0.3 is 0 Å². The van der Waals surface area contributed by atoms with E-state index in [9.17, 15) is 14.0 Å². The van der Waals surface area contributed by atoms with E-state index >= 15 is 0 Å². The summed E-state index contributed by atoms with van der Waals surface area (Å²) in [4.78, 5) is 27.1. The van der Waals surface area contributed by atoms with Crippen LogP contribution in [-0.4, -0.2) is 22.6 Å². The zero-order valence-corrected chi connectivity index (χ0v) is 17.5.